The van der Waals surface area contributed by atoms with E-state index in [4.69, 9.17) is 5.11 Å². The predicted molar refractivity (Wildman–Crippen MR) is 76.9 cm³/mol. The van der Waals surface area contributed by atoms with E-state index in [0.717, 1.165) is 18.6 Å². The first-order valence-corrected chi connectivity index (χ1v) is 7.20. The van der Waals surface area contributed by atoms with E-state index in [1.807, 2.05) is 6.92 Å². The van der Waals surface area contributed by atoms with E-state index in [2.05, 4.69) is 5.32 Å². The van der Waals surface area contributed by atoms with Crippen LogP contribution in [0.5, 0.6) is 0 Å². The molecule has 0 radical (unpaired) electrons. The van der Waals surface area contributed by atoms with Crippen LogP contribution in [0.4, 0.5) is 5.69 Å². The number of carboxylic acid groups (broad SMARTS) is 1. The first-order valence-electron chi connectivity index (χ1n) is 6.22. The second-order valence-electron chi connectivity index (χ2n) is 4.97. The van der Waals surface area contributed by atoms with Crippen LogP contribution in [0, 0.1) is 6.92 Å². The molecule has 4 nitrogen and oxygen atoms in total. The zero-order valence-corrected chi connectivity index (χ0v) is 11.8. The number of aromatic carboxylic acids is 1. The van der Waals surface area contributed by atoms with Crippen LogP contribution >= 0.6 is 11.8 Å². The SMILES string of the molecule is Cc1ccc(NC(=O)C2(C)CCCS2)cc1C(=O)O. The number of hydrogen-bond donors (Lipinski definition) is 2. The molecule has 1 aromatic carbocycles. The molecule has 102 valence electrons. The smallest absolute Gasteiger partial charge is 0.336 e. The average Bonchev–Trinajstić information content (AvgIpc) is 2.79. The van der Waals surface area contributed by atoms with Gasteiger partial charge in [0.25, 0.3) is 0 Å². The van der Waals surface area contributed by atoms with Crippen molar-refractivity contribution in [1.29, 1.82) is 0 Å². The molecule has 1 aliphatic heterocycles. The van der Waals surface area contributed by atoms with Crippen molar-refractivity contribution in [2.45, 2.75) is 31.4 Å². The summed E-state index contributed by atoms with van der Waals surface area (Å²) in [4.78, 5) is 23.3. The van der Waals surface area contributed by atoms with E-state index >= 15 is 0 Å². The van der Waals surface area contributed by atoms with Crippen molar-refractivity contribution in [3.05, 3.63) is 29.3 Å². The minimum Gasteiger partial charge on any atom is -0.478 e. The fourth-order valence-electron chi connectivity index (χ4n) is 2.15. The van der Waals surface area contributed by atoms with Crippen molar-refractivity contribution >= 4 is 29.3 Å². The lowest BCUT2D eigenvalue weighted by atomic mass is 10.0. The maximum Gasteiger partial charge on any atom is 0.336 e. The summed E-state index contributed by atoms with van der Waals surface area (Å²) < 4.78 is -0.395. The highest BCUT2D eigenvalue weighted by atomic mass is 32.2. The Balaban J connectivity index is 2.17. The van der Waals surface area contributed by atoms with Crippen molar-refractivity contribution in [3.8, 4) is 0 Å². The zero-order valence-electron chi connectivity index (χ0n) is 11.0. The van der Waals surface area contributed by atoms with E-state index < -0.39 is 10.7 Å². The molecule has 2 N–H and O–H groups in total. The largest absolute Gasteiger partial charge is 0.478 e. The number of carbonyl (C=O) groups excluding carboxylic acids is 1. The average molecular weight is 279 g/mol. The molecule has 1 unspecified atom stereocenters. The van der Waals surface area contributed by atoms with Gasteiger partial charge in [-0.05, 0) is 50.1 Å². The van der Waals surface area contributed by atoms with E-state index in [0.29, 0.717) is 11.3 Å². The Morgan fingerprint density at radius 2 is 2.16 bits per heavy atom. The third-order valence-electron chi connectivity index (χ3n) is 3.42. The maximum absolute atomic E-state index is 12.2. The van der Waals surface area contributed by atoms with Gasteiger partial charge >= 0.3 is 5.97 Å². The van der Waals surface area contributed by atoms with Crippen LogP contribution in [-0.4, -0.2) is 27.5 Å². The van der Waals surface area contributed by atoms with Crippen molar-refractivity contribution in [3.63, 3.8) is 0 Å². The lowest BCUT2D eigenvalue weighted by molar-refractivity contribution is -0.118. The second-order valence-corrected chi connectivity index (χ2v) is 6.57. The third kappa shape index (κ3) is 2.92. The molecule has 1 aliphatic rings. The molecule has 1 heterocycles. The third-order valence-corrected chi connectivity index (χ3v) is 4.94. The fourth-order valence-corrected chi connectivity index (χ4v) is 3.36. The van der Waals surface area contributed by atoms with Crippen LogP contribution < -0.4 is 5.32 Å². The second kappa shape index (κ2) is 5.25. The Hall–Kier alpha value is -1.49. The number of benzene rings is 1. The summed E-state index contributed by atoms with van der Waals surface area (Å²) in [6.45, 7) is 3.68. The first-order chi connectivity index (χ1) is 8.92. The van der Waals surface area contributed by atoms with Gasteiger partial charge in [-0.3, -0.25) is 4.79 Å². The summed E-state index contributed by atoms with van der Waals surface area (Å²) in [6.07, 6.45) is 1.91. The minimum atomic E-state index is -0.977. The quantitative estimate of drug-likeness (QED) is 0.892. The Morgan fingerprint density at radius 1 is 1.42 bits per heavy atom. The first kappa shape index (κ1) is 13.9. The summed E-state index contributed by atoms with van der Waals surface area (Å²) in [5, 5.41) is 11.9. The Labute approximate surface area is 116 Å². The van der Waals surface area contributed by atoms with E-state index in [1.54, 1.807) is 30.8 Å². The van der Waals surface area contributed by atoms with Crippen LogP contribution in [0.2, 0.25) is 0 Å². The minimum absolute atomic E-state index is 0.0461. The summed E-state index contributed by atoms with van der Waals surface area (Å²) in [5.74, 6) is -0.0247. The molecular formula is C14H17NO3S. The number of carboxylic acids is 1. The standard InChI is InChI=1S/C14H17NO3S/c1-9-4-5-10(8-11(9)12(16)17)15-13(18)14(2)6-3-7-19-14/h4-5,8H,3,6-7H2,1-2H3,(H,15,18)(H,16,17). The molecule has 1 saturated heterocycles. The fraction of sp³-hybridized carbons (Fsp3) is 0.429. The highest BCUT2D eigenvalue weighted by Gasteiger charge is 2.37. The molecule has 1 atom stereocenters. The van der Waals surface area contributed by atoms with Gasteiger partial charge in [-0.1, -0.05) is 6.07 Å². The number of hydrogen-bond acceptors (Lipinski definition) is 3. The summed E-state index contributed by atoms with van der Waals surface area (Å²) in [7, 11) is 0. The molecule has 19 heavy (non-hydrogen) atoms. The number of nitrogens with one attached hydrogen (secondary N) is 1. The van der Waals surface area contributed by atoms with E-state index in [9.17, 15) is 9.59 Å². The van der Waals surface area contributed by atoms with Crippen molar-refractivity contribution in [2.24, 2.45) is 0 Å². The van der Waals surface area contributed by atoms with Gasteiger partial charge in [0.1, 0.15) is 0 Å². The highest BCUT2D eigenvalue weighted by Crippen LogP contribution is 2.38. The molecule has 0 aromatic heterocycles. The van der Waals surface area contributed by atoms with Gasteiger partial charge in [0.2, 0.25) is 5.91 Å². The summed E-state index contributed by atoms with van der Waals surface area (Å²) >= 11 is 1.66. The number of thioether (sulfide) groups is 1. The normalized spacial score (nSPS) is 22.2. The monoisotopic (exact) mass is 279 g/mol. The molecule has 0 bridgehead atoms. The molecule has 1 fully saturated rings. The summed E-state index contributed by atoms with van der Waals surface area (Å²) in [6, 6.07) is 4.96. The van der Waals surface area contributed by atoms with E-state index in [1.165, 1.54) is 6.07 Å². The number of anilines is 1. The van der Waals surface area contributed by atoms with Crippen LogP contribution in [0.15, 0.2) is 18.2 Å². The molecule has 1 amide bonds. The topological polar surface area (TPSA) is 66.4 Å². The van der Waals surface area contributed by atoms with Gasteiger partial charge in [0.05, 0.1) is 10.3 Å². The lowest BCUT2D eigenvalue weighted by Crippen LogP contribution is -2.34. The Bertz CT molecular complexity index is 521. The highest BCUT2D eigenvalue weighted by molar-refractivity contribution is 8.01. The van der Waals surface area contributed by atoms with Gasteiger partial charge in [0, 0.05) is 5.69 Å². The summed E-state index contributed by atoms with van der Waals surface area (Å²) in [5.41, 5.74) is 1.45. The number of rotatable bonds is 3. The molecule has 2 rings (SSSR count). The molecule has 0 spiro atoms. The van der Waals surface area contributed by atoms with Gasteiger partial charge in [-0.25, -0.2) is 4.79 Å². The van der Waals surface area contributed by atoms with Crippen molar-refractivity contribution < 1.29 is 14.7 Å². The Kier molecular flexibility index (Phi) is 3.85. The van der Waals surface area contributed by atoms with E-state index in [-0.39, 0.29) is 11.5 Å². The number of aryl methyl sites for hydroxylation is 1. The molecular weight excluding hydrogens is 262 g/mol. The van der Waals surface area contributed by atoms with Gasteiger partial charge in [-0.15, -0.1) is 11.8 Å². The lowest BCUT2D eigenvalue weighted by Gasteiger charge is -2.21. The van der Waals surface area contributed by atoms with Gasteiger partial charge < -0.3 is 10.4 Å². The maximum atomic E-state index is 12.2. The van der Waals surface area contributed by atoms with Crippen LogP contribution in [-0.2, 0) is 4.79 Å². The van der Waals surface area contributed by atoms with Crippen LogP contribution in [0.25, 0.3) is 0 Å². The molecule has 0 saturated carbocycles. The van der Waals surface area contributed by atoms with Crippen LogP contribution in [0.1, 0.15) is 35.7 Å². The van der Waals surface area contributed by atoms with Crippen LogP contribution in [0.3, 0.4) is 0 Å². The molecule has 0 aliphatic carbocycles. The van der Waals surface area contributed by atoms with Gasteiger partial charge in [-0.2, -0.15) is 0 Å². The predicted octanol–water partition coefficient (Wildman–Crippen LogP) is 2.92. The van der Waals surface area contributed by atoms with Crippen molar-refractivity contribution in [2.75, 3.05) is 11.1 Å². The van der Waals surface area contributed by atoms with Crippen molar-refractivity contribution in [1.82, 2.24) is 0 Å². The molecule has 1 aromatic rings. The number of carbonyl (C=O) groups is 2. The van der Waals surface area contributed by atoms with Gasteiger partial charge in [0.15, 0.2) is 0 Å². The molecule has 5 heteroatoms. The Morgan fingerprint density at radius 3 is 2.74 bits per heavy atom. The zero-order chi connectivity index (χ0) is 14.0. The number of amides is 1.